The van der Waals surface area contributed by atoms with Crippen molar-refractivity contribution in [2.45, 2.75) is 0 Å². The molecule has 5 heteroatoms. The van der Waals surface area contributed by atoms with Crippen molar-refractivity contribution >= 4 is 21.7 Å². The summed E-state index contributed by atoms with van der Waals surface area (Å²) >= 11 is 3.38. The molecule has 1 aromatic carbocycles. The zero-order chi connectivity index (χ0) is 11.5. The van der Waals surface area contributed by atoms with Crippen molar-refractivity contribution < 1.29 is 14.3 Å². The van der Waals surface area contributed by atoms with Gasteiger partial charge in [0, 0.05) is 5.56 Å². The van der Waals surface area contributed by atoms with Crippen molar-refractivity contribution in [1.82, 2.24) is 5.32 Å². The third-order valence-electron chi connectivity index (χ3n) is 2.29. The topological polar surface area (TPSA) is 47.6 Å². The third kappa shape index (κ3) is 2.05. The van der Waals surface area contributed by atoms with Crippen LogP contribution in [0.4, 0.5) is 0 Å². The van der Waals surface area contributed by atoms with Crippen LogP contribution in [0.25, 0.3) is 0 Å². The third-order valence-corrected chi connectivity index (χ3v) is 3.07. The average Bonchev–Trinajstić information content (AvgIpc) is 2.30. The summed E-state index contributed by atoms with van der Waals surface area (Å²) < 4.78 is 11.6. The second-order valence-electron chi connectivity index (χ2n) is 3.40. The van der Waals surface area contributed by atoms with Crippen LogP contribution in [0.2, 0.25) is 0 Å². The lowest BCUT2D eigenvalue weighted by Crippen LogP contribution is -2.20. The predicted molar refractivity (Wildman–Crippen MR) is 63.4 cm³/mol. The van der Waals surface area contributed by atoms with Crippen LogP contribution in [0.1, 0.15) is 10.4 Å². The van der Waals surface area contributed by atoms with Crippen LogP contribution in [-0.4, -0.2) is 32.6 Å². The molecule has 4 nitrogen and oxygen atoms in total. The maximum absolute atomic E-state index is 11.8. The minimum absolute atomic E-state index is 0.0198. The first-order valence-electron chi connectivity index (χ1n) is 5.00. The van der Waals surface area contributed by atoms with E-state index in [2.05, 4.69) is 21.2 Å². The molecule has 0 radical (unpaired) electrons. The first-order valence-corrected chi connectivity index (χ1v) is 5.79. The van der Waals surface area contributed by atoms with Crippen LogP contribution in [0.3, 0.4) is 0 Å². The molecule has 1 aliphatic rings. The second-order valence-corrected chi connectivity index (χ2v) is 4.20. The highest BCUT2D eigenvalue weighted by molar-refractivity contribution is 9.10. The number of benzene rings is 1. The zero-order valence-electron chi connectivity index (χ0n) is 8.88. The van der Waals surface area contributed by atoms with Crippen LogP contribution < -0.4 is 14.8 Å². The molecule has 1 heterocycles. The largest absolute Gasteiger partial charge is 0.486 e. The van der Waals surface area contributed by atoms with E-state index < -0.39 is 0 Å². The highest BCUT2D eigenvalue weighted by Crippen LogP contribution is 2.39. The zero-order valence-corrected chi connectivity index (χ0v) is 10.5. The standard InChI is InChI=1S/C11H12BrNO3/c1-13-6-8(14)7-2-3-9-11(10(7)12)16-5-4-15-9/h2-3,13H,4-6H2,1H3. The summed E-state index contributed by atoms with van der Waals surface area (Å²) in [6.45, 7) is 1.36. The lowest BCUT2D eigenvalue weighted by Gasteiger charge is -2.20. The smallest absolute Gasteiger partial charge is 0.177 e. The van der Waals surface area contributed by atoms with E-state index in [1.165, 1.54) is 0 Å². The molecule has 0 atom stereocenters. The Balaban J connectivity index is 2.37. The number of carbonyl (C=O) groups is 1. The van der Waals surface area contributed by atoms with E-state index >= 15 is 0 Å². The molecule has 0 saturated heterocycles. The number of rotatable bonds is 3. The van der Waals surface area contributed by atoms with E-state index in [1.54, 1.807) is 19.2 Å². The highest BCUT2D eigenvalue weighted by Gasteiger charge is 2.20. The molecule has 0 aromatic heterocycles. The van der Waals surface area contributed by atoms with Crippen LogP contribution in [0.5, 0.6) is 11.5 Å². The Morgan fingerprint density at radius 3 is 2.94 bits per heavy atom. The molecule has 0 spiro atoms. The van der Waals surface area contributed by atoms with Gasteiger partial charge in [0.1, 0.15) is 13.2 Å². The number of fused-ring (bicyclic) bond motifs is 1. The number of halogens is 1. The molecule has 0 saturated carbocycles. The minimum atomic E-state index is 0.0198. The van der Waals surface area contributed by atoms with Gasteiger partial charge >= 0.3 is 0 Å². The van der Waals surface area contributed by atoms with Crippen LogP contribution in [-0.2, 0) is 0 Å². The second kappa shape index (κ2) is 4.84. The monoisotopic (exact) mass is 285 g/mol. The Bertz CT molecular complexity index is 420. The first kappa shape index (κ1) is 11.4. The minimum Gasteiger partial charge on any atom is -0.486 e. The number of hydrogen-bond acceptors (Lipinski definition) is 4. The summed E-state index contributed by atoms with van der Waals surface area (Å²) in [5, 5.41) is 2.83. The van der Waals surface area contributed by atoms with Crippen molar-refractivity contribution in [1.29, 1.82) is 0 Å². The lowest BCUT2D eigenvalue weighted by molar-refractivity contribution is 0.0991. The van der Waals surface area contributed by atoms with E-state index in [0.717, 1.165) is 0 Å². The molecule has 2 rings (SSSR count). The lowest BCUT2D eigenvalue weighted by atomic mass is 10.1. The number of ether oxygens (including phenoxy) is 2. The molecule has 0 fully saturated rings. The first-order chi connectivity index (χ1) is 7.74. The SMILES string of the molecule is CNCC(=O)c1ccc2c(c1Br)OCCO2. The maximum atomic E-state index is 11.8. The van der Waals surface area contributed by atoms with Crippen molar-refractivity contribution in [3.8, 4) is 11.5 Å². The average molecular weight is 286 g/mol. The molecule has 1 aliphatic heterocycles. The Kier molecular flexibility index (Phi) is 3.46. The molecular formula is C11H12BrNO3. The van der Waals surface area contributed by atoms with E-state index in [9.17, 15) is 4.79 Å². The number of carbonyl (C=O) groups excluding carboxylic acids is 1. The van der Waals surface area contributed by atoms with Crippen molar-refractivity contribution in [3.63, 3.8) is 0 Å². The molecule has 0 unspecified atom stereocenters. The van der Waals surface area contributed by atoms with Crippen LogP contribution in [0, 0.1) is 0 Å². The van der Waals surface area contributed by atoms with E-state index in [1.807, 2.05) is 0 Å². The van der Waals surface area contributed by atoms with Gasteiger partial charge < -0.3 is 14.8 Å². The molecule has 1 aromatic rings. The van der Waals surface area contributed by atoms with Gasteiger partial charge in [-0.1, -0.05) is 0 Å². The molecule has 1 N–H and O–H groups in total. The Hall–Kier alpha value is -1.07. The molecule has 0 aliphatic carbocycles. The number of hydrogen-bond donors (Lipinski definition) is 1. The Morgan fingerprint density at radius 1 is 1.44 bits per heavy atom. The van der Waals surface area contributed by atoms with Crippen molar-refractivity contribution in [2.75, 3.05) is 26.8 Å². The van der Waals surface area contributed by atoms with Gasteiger partial charge in [0.2, 0.25) is 0 Å². The van der Waals surface area contributed by atoms with Gasteiger partial charge in [-0.25, -0.2) is 0 Å². The van der Waals surface area contributed by atoms with Crippen LogP contribution in [0.15, 0.2) is 16.6 Å². The van der Waals surface area contributed by atoms with Gasteiger partial charge in [-0.2, -0.15) is 0 Å². The normalized spacial score (nSPS) is 13.6. The summed E-state index contributed by atoms with van der Waals surface area (Å²) in [6, 6.07) is 3.51. The molecule has 0 amide bonds. The van der Waals surface area contributed by atoms with E-state index in [0.29, 0.717) is 41.3 Å². The van der Waals surface area contributed by atoms with Gasteiger partial charge in [0.25, 0.3) is 0 Å². The number of ketones is 1. The highest BCUT2D eigenvalue weighted by atomic mass is 79.9. The van der Waals surface area contributed by atoms with Gasteiger partial charge in [-0.05, 0) is 35.1 Å². The fraction of sp³-hybridized carbons (Fsp3) is 0.364. The molecule has 16 heavy (non-hydrogen) atoms. The summed E-state index contributed by atoms with van der Waals surface area (Å²) in [6.07, 6.45) is 0. The number of Topliss-reactive ketones (excluding diaryl/α,β-unsaturated/α-hetero) is 1. The number of nitrogens with one attached hydrogen (secondary N) is 1. The van der Waals surface area contributed by atoms with Gasteiger partial charge in [-0.15, -0.1) is 0 Å². The predicted octanol–water partition coefficient (Wildman–Crippen LogP) is 1.62. The quantitative estimate of drug-likeness (QED) is 0.858. The molecule has 86 valence electrons. The Morgan fingerprint density at radius 2 is 2.19 bits per heavy atom. The summed E-state index contributed by atoms with van der Waals surface area (Å²) in [5.41, 5.74) is 0.610. The van der Waals surface area contributed by atoms with Crippen molar-refractivity contribution in [2.24, 2.45) is 0 Å². The number of likely N-dealkylation sites (N-methyl/N-ethyl adjacent to an activating group) is 1. The fourth-order valence-electron chi connectivity index (χ4n) is 1.55. The summed E-state index contributed by atoms with van der Waals surface area (Å²) in [5.74, 6) is 1.32. The van der Waals surface area contributed by atoms with Gasteiger partial charge in [0.15, 0.2) is 17.3 Å². The maximum Gasteiger partial charge on any atom is 0.177 e. The molecular weight excluding hydrogens is 274 g/mol. The van der Waals surface area contributed by atoms with Crippen molar-refractivity contribution in [3.05, 3.63) is 22.2 Å². The fourth-order valence-corrected chi connectivity index (χ4v) is 2.22. The summed E-state index contributed by atoms with van der Waals surface area (Å²) in [7, 11) is 1.74. The van der Waals surface area contributed by atoms with E-state index in [-0.39, 0.29) is 5.78 Å². The van der Waals surface area contributed by atoms with Crippen LogP contribution >= 0.6 is 15.9 Å². The molecule has 0 bridgehead atoms. The Labute approximate surface area is 102 Å². The van der Waals surface area contributed by atoms with E-state index in [4.69, 9.17) is 9.47 Å². The van der Waals surface area contributed by atoms with Gasteiger partial charge in [0.05, 0.1) is 11.0 Å². The van der Waals surface area contributed by atoms with Gasteiger partial charge in [-0.3, -0.25) is 4.79 Å². The summed E-state index contributed by atoms with van der Waals surface area (Å²) in [4.78, 5) is 11.8.